The summed E-state index contributed by atoms with van der Waals surface area (Å²) in [7, 11) is -0.545. The van der Waals surface area contributed by atoms with E-state index in [0.717, 1.165) is 17.1 Å². The quantitative estimate of drug-likeness (QED) is 0.758. The largest absolute Gasteiger partial charge is 0.325 e. The second-order valence-electron chi connectivity index (χ2n) is 6.88. The van der Waals surface area contributed by atoms with Gasteiger partial charge in [-0.25, -0.2) is 12.7 Å². The summed E-state index contributed by atoms with van der Waals surface area (Å²) in [4.78, 5) is 12.6. The third-order valence-electron chi connectivity index (χ3n) is 4.61. The first kappa shape index (κ1) is 19.9. The zero-order valence-electron chi connectivity index (χ0n) is 15.3. The highest BCUT2D eigenvalue weighted by atomic mass is 32.2. The van der Waals surface area contributed by atoms with Crippen molar-refractivity contribution >= 4 is 21.6 Å². The Morgan fingerprint density at radius 3 is 2.40 bits per heavy atom. The van der Waals surface area contributed by atoms with E-state index in [9.17, 15) is 13.2 Å². The van der Waals surface area contributed by atoms with Gasteiger partial charge < -0.3 is 10.6 Å². The van der Waals surface area contributed by atoms with Crippen molar-refractivity contribution in [3.8, 4) is 0 Å². The summed E-state index contributed by atoms with van der Waals surface area (Å²) in [6.45, 7) is 1.85. The van der Waals surface area contributed by atoms with Gasteiger partial charge in [0.1, 0.15) is 0 Å². The Hall–Kier alpha value is -1.44. The van der Waals surface area contributed by atoms with Crippen LogP contribution in [0.2, 0.25) is 0 Å². The number of nitrogens with zero attached hydrogens (tertiary/aromatic N) is 1. The number of amides is 1. The number of hydrogen-bond acceptors (Lipinski definition) is 4. The number of rotatable bonds is 6. The van der Waals surface area contributed by atoms with Gasteiger partial charge in [-0.2, -0.15) is 0 Å². The number of nitrogens with one attached hydrogen (secondary N) is 2. The molecule has 0 bridgehead atoms. The molecule has 0 unspecified atom stereocenters. The van der Waals surface area contributed by atoms with E-state index >= 15 is 0 Å². The Kier molecular flexibility index (Phi) is 6.98. The molecule has 1 aromatic rings. The zero-order chi connectivity index (χ0) is 18.4. The van der Waals surface area contributed by atoms with Crippen LogP contribution in [0.5, 0.6) is 0 Å². The maximum absolute atomic E-state index is 12.4. The SMILES string of the molecule is C[C@H](NC1CCCCCC1)C(=O)Nc1cccc(S(=O)(=O)N(C)C)c1. The number of benzene rings is 1. The van der Waals surface area contributed by atoms with Crippen molar-refractivity contribution in [2.24, 2.45) is 0 Å². The molecule has 1 amide bonds. The Morgan fingerprint density at radius 2 is 1.80 bits per heavy atom. The van der Waals surface area contributed by atoms with E-state index in [1.807, 2.05) is 6.92 Å². The van der Waals surface area contributed by atoms with Crippen LogP contribution in [0, 0.1) is 0 Å². The molecule has 1 atom stereocenters. The summed E-state index contributed by atoms with van der Waals surface area (Å²) in [6.07, 6.45) is 7.16. The lowest BCUT2D eigenvalue weighted by atomic mass is 10.1. The normalized spacial score (nSPS) is 17.9. The van der Waals surface area contributed by atoms with Gasteiger partial charge in [0.2, 0.25) is 15.9 Å². The van der Waals surface area contributed by atoms with Crippen molar-refractivity contribution in [3.05, 3.63) is 24.3 Å². The second kappa shape index (κ2) is 8.78. The fourth-order valence-electron chi connectivity index (χ4n) is 3.07. The fraction of sp³-hybridized carbons (Fsp3) is 0.611. The van der Waals surface area contributed by atoms with Crippen LogP contribution in [-0.2, 0) is 14.8 Å². The summed E-state index contributed by atoms with van der Waals surface area (Å²) in [5.74, 6) is -0.149. The lowest BCUT2D eigenvalue weighted by Gasteiger charge is -2.21. The number of carbonyl (C=O) groups is 1. The number of carbonyl (C=O) groups excluding carboxylic acids is 1. The van der Waals surface area contributed by atoms with Gasteiger partial charge in [0, 0.05) is 25.8 Å². The molecule has 0 saturated heterocycles. The average molecular weight is 368 g/mol. The van der Waals surface area contributed by atoms with E-state index in [-0.39, 0.29) is 16.8 Å². The van der Waals surface area contributed by atoms with Crippen molar-refractivity contribution in [1.82, 2.24) is 9.62 Å². The molecular formula is C18H29N3O3S. The minimum atomic E-state index is -3.52. The minimum Gasteiger partial charge on any atom is -0.325 e. The van der Waals surface area contributed by atoms with Crippen molar-refractivity contribution in [3.63, 3.8) is 0 Å². The van der Waals surface area contributed by atoms with Crippen LogP contribution >= 0.6 is 0 Å². The fourth-order valence-corrected chi connectivity index (χ4v) is 4.02. The molecule has 0 aliphatic heterocycles. The summed E-state index contributed by atoms with van der Waals surface area (Å²) in [6, 6.07) is 6.41. The molecule has 140 valence electrons. The molecule has 0 aromatic heterocycles. The highest BCUT2D eigenvalue weighted by Crippen LogP contribution is 2.19. The highest BCUT2D eigenvalue weighted by molar-refractivity contribution is 7.89. The third kappa shape index (κ3) is 5.52. The maximum Gasteiger partial charge on any atom is 0.242 e. The van der Waals surface area contributed by atoms with E-state index in [0.29, 0.717) is 11.7 Å². The van der Waals surface area contributed by atoms with Gasteiger partial charge in [0.05, 0.1) is 10.9 Å². The van der Waals surface area contributed by atoms with Gasteiger partial charge in [-0.15, -0.1) is 0 Å². The first-order valence-corrected chi connectivity index (χ1v) is 10.3. The standard InChI is InChI=1S/C18H29N3O3S/c1-14(19-15-9-6-4-5-7-10-15)18(22)20-16-11-8-12-17(13-16)25(23,24)21(2)3/h8,11-15,19H,4-7,9-10H2,1-3H3,(H,20,22)/t14-/m0/s1. The lowest BCUT2D eigenvalue weighted by Crippen LogP contribution is -2.43. The summed E-state index contributed by atoms with van der Waals surface area (Å²) in [5.41, 5.74) is 0.488. The maximum atomic E-state index is 12.4. The predicted octanol–water partition coefficient (Wildman–Crippen LogP) is 2.58. The highest BCUT2D eigenvalue weighted by Gasteiger charge is 2.21. The van der Waals surface area contributed by atoms with E-state index in [1.165, 1.54) is 51.9 Å². The van der Waals surface area contributed by atoms with Crippen LogP contribution in [0.1, 0.15) is 45.4 Å². The van der Waals surface area contributed by atoms with Gasteiger partial charge >= 0.3 is 0 Å². The van der Waals surface area contributed by atoms with Crippen LogP contribution in [0.4, 0.5) is 5.69 Å². The Balaban J connectivity index is 2.00. The Labute approximate surface area is 151 Å². The smallest absolute Gasteiger partial charge is 0.242 e. The summed E-state index contributed by atoms with van der Waals surface area (Å²) < 4.78 is 25.6. The number of anilines is 1. The monoisotopic (exact) mass is 367 g/mol. The van der Waals surface area contributed by atoms with Crippen LogP contribution < -0.4 is 10.6 Å². The topological polar surface area (TPSA) is 78.5 Å². The average Bonchev–Trinajstić information content (AvgIpc) is 2.83. The summed E-state index contributed by atoms with van der Waals surface area (Å²) in [5, 5.41) is 6.22. The van der Waals surface area contributed by atoms with E-state index in [1.54, 1.807) is 12.1 Å². The molecule has 25 heavy (non-hydrogen) atoms. The van der Waals surface area contributed by atoms with E-state index in [4.69, 9.17) is 0 Å². The minimum absolute atomic E-state index is 0.149. The molecule has 7 heteroatoms. The van der Waals surface area contributed by atoms with Gasteiger partial charge in [0.25, 0.3) is 0 Å². The molecule has 6 nitrogen and oxygen atoms in total. The van der Waals surface area contributed by atoms with Crippen LogP contribution in [0.3, 0.4) is 0 Å². The predicted molar refractivity (Wildman–Crippen MR) is 100 cm³/mol. The van der Waals surface area contributed by atoms with Gasteiger partial charge in [-0.1, -0.05) is 31.7 Å². The third-order valence-corrected chi connectivity index (χ3v) is 6.43. The molecular weight excluding hydrogens is 338 g/mol. The molecule has 2 rings (SSSR count). The van der Waals surface area contributed by atoms with Crippen LogP contribution in [0.25, 0.3) is 0 Å². The van der Waals surface area contributed by atoms with Crippen molar-refractivity contribution in [2.75, 3.05) is 19.4 Å². The molecule has 1 fully saturated rings. The van der Waals surface area contributed by atoms with Crippen LogP contribution in [-0.4, -0.2) is 44.8 Å². The Morgan fingerprint density at radius 1 is 1.16 bits per heavy atom. The van der Waals surface area contributed by atoms with E-state index < -0.39 is 10.0 Å². The van der Waals surface area contributed by atoms with Crippen molar-refractivity contribution < 1.29 is 13.2 Å². The number of hydrogen-bond donors (Lipinski definition) is 2. The molecule has 1 aliphatic carbocycles. The molecule has 1 aliphatic rings. The first-order valence-electron chi connectivity index (χ1n) is 8.90. The molecule has 0 heterocycles. The lowest BCUT2D eigenvalue weighted by molar-refractivity contribution is -0.118. The van der Waals surface area contributed by atoms with E-state index in [2.05, 4.69) is 10.6 Å². The second-order valence-corrected chi connectivity index (χ2v) is 9.03. The van der Waals surface area contributed by atoms with Crippen molar-refractivity contribution in [2.45, 2.75) is 62.4 Å². The van der Waals surface area contributed by atoms with Gasteiger partial charge in [-0.3, -0.25) is 4.79 Å². The zero-order valence-corrected chi connectivity index (χ0v) is 16.1. The molecule has 0 radical (unpaired) electrons. The first-order chi connectivity index (χ1) is 11.8. The molecule has 1 saturated carbocycles. The summed E-state index contributed by atoms with van der Waals surface area (Å²) >= 11 is 0. The van der Waals surface area contributed by atoms with Crippen LogP contribution in [0.15, 0.2) is 29.2 Å². The Bertz CT molecular complexity index is 681. The molecule has 1 aromatic carbocycles. The van der Waals surface area contributed by atoms with Gasteiger partial charge in [-0.05, 0) is 38.0 Å². The molecule has 2 N–H and O–H groups in total. The number of sulfonamides is 1. The molecule has 0 spiro atoms. The van der Waals surface area contributed by atoms with Crippen molar-refractivity contribution in [1.29, 1.82) is 0 Å². The van der Waals surface area contributed by atoms with Gasteiger partial charge in [0.15, 0.2) is 0 Å².